The van der Waals surface area contributed by atoms with Crippen LogP contribution in [0.1, 0.15) is 15.9 Å². The summed E-state index contributed by atoms with van der Waals surface area (Å²) in [5.41, 5.74) is 2.20. The Morgan fingerprint density at radius 3 is 2.71 bits per heavy atom. The van der Waals surface area contributed by atoms with Crippen molar-refractivity contribution in [3.05, 3.63) is 66.1 Å². The number of ether oxygens (including phenoxy) is 1. The summed E-state index contributed by atoms with van der Waals surface area (Å²) in [6, 6.07) is 14.6. The normalized spacial score (nSPS) is 10.5. The van der Waals surface area contributed by atoms with Gasteiger partial charge in [-0.2, -0.15) is 0 Å². The van der Waals surface area contributed by atoms with Crippen LogP contribution in [0, 0.1) is 0 Å². The van der Waals surface area contributed by atoms with Gasteiger partial charge in [0.15, 0.2) is 18.6 Å². The second-order valence-electron chi connectivity index (χ2n) is 5.32. The molecular formula is C18H16N2O4. The van der Waals surface area contributed by atoms with Crippen molar-refractivity contribution in [1.82, 2.24) is 9.88 Å². The number of rotatable bonds is 5. The molecule has 122 valence electrons. The van der Waals surface area contributed by atoms with Gasteiger partial charge in [-0.1, -0.05) is 36.4 Å². The van der Waals surface area contributed by atoms with Crippen LogP contribution in [0.2, 0.25) is 0 Å². The van der Waals surface area contributed by atoms with Gasteiger partial charge in [-0.3, -0.25) is 4.79 Å². The number of aromatic nitrogens is 1. The van der Waals surface area contributed by atoms with Crippen molar-refractivity contribution in [3.8, 4) is 0 Å². The largest absolute Gasteiger partial charge is 0.452 e. The van der Waals surface area contributed by atoms with Crippen LogP contribution in [0.25, 0.3) is 11.1 Å². The molecule has 0 atom stereocenters. The number of carbonyl (C=O) groups is 2. The molecule has 2 aromatic carbocycles. The number of carbonyl (C=O) groups excluding carboxylic acids is 2. The maximum Gasteiger partial charge on any atom is 0.340 e. The van der Waals surface area contributed by atoms with Gasteiger partial charge in [0, 0.05) is 13.6 Å². The van der Waals surface area contributed by atoms with Crippen LogP contribution >= 0.6 is 0 Å². The molecule has 0 saturated carbocycles. The van der Waals surface area contributed by atoms with Crippen LogP contribution in [-0.2, 0) is 16.1 Å². The molecule has 0 saturated heterocycles. The van der Waals surface area contributed by atoms with Gasteiger partial charge in [0.25, 0.3) is 5.91 Å². The van der Waals surface area contributed by atoms with E-state index in [0.29, 0.717) is 17.6 Å². The van der Waals surface area contributed by atoms with Crippen molar-refractivity contribution >= 4 is 23.0 Å². The summed E-state index contributed by atoms with van der Waals surface area (Å²) in [6.07, 6.45) is 1.26. The Kier molecular flexibility index (Phi) is 4.56. The number of oxazole rings is 1. The van der Waals surface area contributed by atoms with Crippen LogP contribution in [0.4, 0.5) is 0 Å². The number of nitrogens with zero attached hydrogens (tertiary/aromatic N) is 2. The predicted molar refractivity (Wildman–Crippen MR) is 87.2 cm³/mol. The first-order valence-corrected chi connectivity index (χ1v) is 7.42. The topological polar surface area (TPSA) is 72.6 Å². The number of esters is 1. The Morgan fingerprint density at radius 1 is 1.12 bits per heavy atom. The first-order chi connectivity index (χ1) is 11.6. The van der Waals surface area contributed by atoms with Crippen LogP contribution in [0.15, 0.2) is 59.3 Å². The Balaban J connectivity index is 1.59. The van der Waals surface area contributed by atoms with E-state index in [1.54, 1.807) is 25.2 Å². The van der Waals surface area contributed by atoms with Crippen LogP contribution in [0.3, 0.4) is 0 Å². The van der Waals surface area contributed by atoms with E-state index >= 15 is 0 Å². The SMILES string of the molecule is CN(Cc1ccccc1)C(=O)COC(=O)c1cccc2ocnc12. The highest BCUT2D eigenvalue weighted by atomic mass is 16.5. The van der Waals surface area contributed by atoms with Gasteiger partial charge in [0.1, 0.15) is 5.52 Å². The van der Waals surface area contributed by atoms with Crippen molar-refractivity contribution in [2.45, 2.75) is 6.54 Å². The number of likely N-dealkylation sites (N-methyl/N-ethyl adjacent to an activating group) is 1. The van der Waals surface area contributed by atoms with Crippen LogP contribution < -0.4 is 0 Å². The smallest absolute Gasteiger partial charge is 0.340 e. The zero-order valence-electron chi connectivity index (χ0n) is 13.1. The number of benzene rings is 2. The van der Waals surface area contributed by atoms with Crippen molar-refractivity contribution in [3.63, 3.8) is 0 Å². The third-order valence-corrected chi connectivity index (χ3v) is 3.60. The minimum absolute atomic E-state index is 0.278. The van der Waals surface area contributed by atoms with E-state index in [0.717, 1.165) is 5.56 Å². The van der Waals surface area contributed by atoms with E-state index in [2.05, 4.69) is 4.98 Å². The highest BCUT2D eigenvalue weighted by Crippen LogP contribution is 2.17. The molecule has 0 aliphatic heterocycles. The van der Waals surface area contributed by atoms with Crippen molar-refractivity contribution in [2.75, 3.05) is 13.7 Å². The van der Waals surface area contributed by atoms with E-state index in [1.165, 1.54) is 11.3 Å². The summed E-state index contributed by atoms with van der Waals surface area (Å²) in [6.45, 7) is 0.131. The Labute approximate surface area is 138 Å². The van der Waals surface area contributed by atoms with Crippen molar-refractivity contribution in [1.29, 1.82) is 0 Å². The van der Waals surface area contributed by atoms with Gasteiger partial charge >= 0.3 is 5.97 Å². The fourth-order valence-corrected chi connectivity index (χ4v) is 2.31. The summed E-state index contributed by atoms with van der Waals surface area (Å²) in [7, 11) is 1.67. The molecule has 0 fully saturated rings. The van der Waals surface area contributed by atoms with Gasteiger partial charge in [0.05, 0.1) is 5.56 Å². The molecule has 3 aromatic rings. The lowest BCUT2D eigenvalue weighted by Gasteiger charge is -2.17. The number of hydrogen-bond donors (Lipinski definition) is 0. The molecule has 0 N–H and O–H groups in total. The zero-order chi connectivity index (χ0) is 16.9. The standard InChI is InChI=1S/C18H16N2O4/c1-20(10-13-6-3-2-4-7-13)16(21)11-23-18(22)14-8-5-9-15-17(14)19-12-24-15/h2-9,12H,10-11H2,1H3. The van der Waals surface area contributed by atoms with Gasteiger partial charge in [-0.15, -0.1) is 0 Å². The van der Waals surface area contributed by atoms with Crippen LogP contribution in [0.5, 0.6) is 0 Å². The van der Waals surface area contributed by atoms with Gasteiger partial charge < -0.3 is 14.1 Å². The second kappa shape index (κ2) is 6.95. The summed E-state index contributed by atoms with van der Waals surface area (Å²) >= 11 is 0. The van der Waals surface area contributed by atoms with Gasteiger partial charge in [0.2, 0.25) is 0 Å². The van der Waals surface area contributed by atoms with Crippen LogP contribution in [-0.4, -0.2) is 35.4 Å². The minimum Gasteiger partial charge on any atom is -0.452 e. The molecule has 24 heavy (non-hydrogen) atoms. The summed E-state index contributed by atoms with van der Waals surface area (Å²) in [4.78, 5) is 29.8. The first-order valence-electron chi connectivity index (χ1n) is 7.42. The molecule has 0 bridgehead atoms. The lowest BCUT2D eigenvalue weighted by Crippen LogP contribution is -2.30. The quantitative estimate of drug-likeness (QED) is 0.675. The molecule has 3 rings (SSSR count). The van der Waals surface area contributed by atoms with E-state index < -0.39 is 5.97 Å². The molecule has 0 radical (unpaired) electrons. The van der Waals surface area contributed by atoms with Gasteiger partial charge in [-0.05, 0) is 17.7 Å². The molecule has 0 spiro atoms. The fraction of sp³-hybridized carbons (Fsp3) is 0.167. The molecule has 6 heteroatoms. The lowest BCUT2D eigenvalue weighted by atomic mass is 10.2. The molecule has 0 aliphatic rings. The maximum atomic E-state index is 12.2. The molecule has 1 amide bonds. The third-order valence-electron chi connectivity index (χ3n) is 3.60. The molecule has 6 nitrogen and oxygen atoms in total. The average Bonchev–Trinajstić information content (AvgIpc) is 3.08. The highest BCUT2D eigenvalue weighted by Gasteiger charge is 2.17. The molecular weight excluding hydrogens is 308 g/mol. The van der Waals surface area contributed by atoms with E-state index in [1.807, 2.05) is 30.3 Å². The Morgan fingerprint density at radius 2 is 1.92 bits per heavy atom. The number of amides is 1. The van der Waals surface area contributed by atoms with Crippen molar-refractivity contribution in [2.24, 2.45) is 0 Å². The Hall–Kier alpha value is -3.15. The zero-order valence-corrected chi connectivity index (χ0v) is 13.1. The van der Waals surface area contributed by atoms with E-state index in [4.69, 9.17) is 9.15 Å². The number of fused-ring (bicyclic) bond motifs is 1. The third kappa shape index (κ3) is 3.43. The molecule has 0 aliphatic carbocycles. The fourth-order valence-electron chi connectivity index (χ4n) is 2.31. The maximum absolute atomic E-state index is 12.2. The Bertz CT molecular complexity index is 858. The average molecular weight is 324 g/mol. The first kappa shape index (κ1) is 15.7. The van der Waals surface area contributed by atoms with Crippen molar-refractivity contribution < 1.29 is 18.7 Å². The summed E-state index contributed by atoms with van der Waals surface area (Å²) < 4.78 is 10.3. The monoisotopic (exact) mass is 324 g/mol. The summed E-state index contributed by atoms with van der Waals surface area (Å²) in [5, 5.41) is 0. The van der Waals surface area contributed by atoms with E-state index in [-0.39, 0.29) is 18.1 Å². The highest BCUT2D eigenvalue weighted by molar-refractivity contribution is 6.01. The summed E-state index contributed by atoms with van der Waals surface area (Å²) in [5.74, 6) is -0.879. The number of hydrogen-bond acceptors (Lipinski definition) is 5. The number of para-hydroxylation sites is 1. The molecule has 1 aromatic heterocycles. The minimum atomic E-state index is -0.601. The second-order valence-corrected chi connectivity index (χ2v) is 5.32. The molecule has 0 unspecified atom stereocenters. The van der Waals surface area contributed by atoms with Gasteiger partial charge in [-0.25, -0.2) is 9.78 Å². The predicted octanol–water partition coefficient (Wildman–Crippen LogP) is 2.64. The van der Waals surface area contributed by atoms with E-state index in [9.17, 15) is 9.59 Å². The lowest BCUT2D eigenvalue weighted by molar-refractivity contribution is -0.133. The molecule has 1 heterocycles.